The largest absolute Gasteiger partial charge is 0.462 e. The van der Waals surface area contributed by atoms with Gasteiger partial charge in [-0.05, 0) is 6.42 Å². The Morgan fingerprint density at radius 1 is 0.784 bits per heavy atom. The number of hydrogen-bond donors (Lipinski definition) is 4. The van der Waals surface area contributed by atoms with Gasteiger partial charge in [0, 0.05) is 13.3 Å². The van der Waals surface area contributed by atoms with E-state index in [1.54, 1.807) is 0 Å². The summed E-state index contributed by atoms with van der Waals surface area (Å²) in [6.45, 7) is 2.36. The van der Waals surface area contributed by atoms with Crippen molar-refractivity contribution in [1.82, 2.24) is 0 Å². The van der Waals surface area contributed by atoms with Gasteiger partial charge in [-0.3, -0.25) is 9.59 Å². The van der Waals surface area contributed by atoms with Crippen molar-refractivity contribution in [2.75, 3.05) is 19.8 Å². The number of carbonyl (C=O) groups excluding carboxylic acids is 2. The molecule has 0 unspecified atom stereocenters. The van der Waals surface area contributed by atoms with Crippen LogP contribution in [0.3, 0.4) is 0 Å². The van der Waals surface area contributed by atoms with Crippen molar-refractivity contribution >= 4 is 11.9 Å². The summed E-state index contributed by atoms with van der Waals surface area (Å²) in [5, 5.41) is 39.1. The summed E-state index contributed by atoms with van der Waals surface area (Å²) in [7, 11) is 0. The number of ether oxygens (including phenoxy) is 4. The van der Waals surface area contributed by atoms with E-state index in [0.717, 1.165) is 19.3 Å². The Labute approximate surface area is 221 Å². The standard InChI is InChI=1S/C27H50O10/c1-3-4-5-6-7-8-9-10-11-12-13-14-15-16-23(30)36-21(18-34-20(2)29)19-35-27-26(33)25(32)24(31)22(17-28)37-27/h21-22,24-28,31-33H,3-19H2,1-2H3/t21-,22-,24+,25+,26-,27-/m1/s1. The predicted molar refractivity (Wildman–Crippen MR) is 137 cm³/mol. The molecule has 1 heterocycles. The van der Waals surface area contributed by atoms with Gasteiger partial charge in [0.25, 0.3) is 0 Å². The van der Waals surface area contributed by atoms with Crippen LogP contribution in [-0.2, 0) is 28.5 Å². The van der Waals surface area contributed by atoms with Gasteiger partial charge in [-0.15, -0.1) is 0 Å². The molecule has 0 amide bonds. The van der Waals surface area contributed by atoms with Crippen LogP contribution in [0.1, 0.15) is 104 Å². The third-order valence-electron chi connectivity index (χ3n) is 6.55. The van der Waals surface area contributed by atoms with E-state index >= 15 is 0 Å². The molecule has 0 saturated carbocycles. The second-order valence-corrected chi connectivity index (χ2v) is 9.94. The number of esters is 2. The monoisotopic (exact) mass is 534 g/mol. The summed E-state index contributed by atoms with van der Waals surface area (Å²) in [5.41, 5.74) is 0. The van der Waals surface area contributed by atoms with E-state index in [1.165, 1.54) is 64.7 Å². The number of carbonyl (C=O) groups is 2. The lowest BCUT2D eigenvalue weighted by Crippen LogP contribution is -2.59. The highest BCUT2D eigenvalue weighted by Crippen LogP contribution is 2.22. The summed E-state index contributed by atoms with van der Waals surface area (Å²) in [5.74, 6) is -0.997. The molecule has 0 radical (unpaired) electrons. The first-order chi connectivity index (χ1) is 17.8. The number of aliphatic hydroxyl groups is 4. The Kier molecular flexibility index (Phi) is 18.8. The van der Waals surface area contributed by atoms with E-state index in [1.807, 2.05) is 0 Å². The van der Waals surface area contributed by atoms with Gasteiger partial charge in [-0.2, -0.15) is 0 Å². The molecule has 0 aromatic rings. The Hall–Kier alpha value is -1.30. The zero-order valence-corrected chi connectivity index (χ0v) is 22.7. The van der Waals surface area contributed by atoms with Crippen LogP contribution in [0.5, 0.6) is 0 Å². The molecule has 1 rings (SSSR count). The highest BCUT2D eigenvalue weighted by molar-refractivity contribution is 5.69. The molecule has 0 aromatic heterocycles. The molecule has 0 spiro atoms. The van der Waals surface area contributed by atoms with Gasteiger partial charge in [0.2, 0.25) is 0 Å². The highest BCUT2D eigenvalue weighted by Gasteiger charge is 2.44. The van der Waals surface area contributed by atoms with Crippen molar-refractivity contribution in [2.24, 2.45) is 0 Å². The molecular weight excluding hydrogens is 484 g/mol. The smallest absolute Gasteiger partial charge is 0.306 e. The van der Waals surface area contributed by atoms with Crippen LogP contribution >= 0.6 is 0 Å². The third kappa shape index (κ3) is 15.0. The maximum absolute atomic E-state index is 12.3. The summed E-state index contributed by atoms with van der Waals surface area (Å²) in [6.07, 6.45) is 7.79. The molecule has 0 aliphatic carbocycles. The van der Waals surface area contributed by atoms with Crippen molar-refractivity contribution in [3.05, 3.63) is 0 Å². The van der Waals surface area contributed by atoms with Gasteiger partial charge in [0.15, 0.2) is 12.4 Å². The molecule has 1 aliphatic rings. The average molecular weight is 535 g/mol. The van der Waals surface area contributed by atoms with E-state index in [4.69, 9.17) is 18.9 Å². The molecule has 10 nitrogen and oxygen atoms in total. The fraction of sp³-hybridized carbons (Fsp3) is 0.926. The summed E-state index contributed by atoms with van der Waals surface area (Å²) < 4.78 is 21.1. The highest BCUT2D eigenvalue weighted by atomic mass is 16.7. The first-order valence-corrected chi connectivity index (χ1v) is 14.0. The maximum Gasteiger partial charge on any atom is 0.306 e. The average Bonchev–Trinajstić information content (AvgIpc) is 2.87. The maximum atomic E-state index is 12.3. The fourth-order valence-corrected chi connectivity index (χ4v) is 4.27. The predicted octanol–water partition coefficient (Wildman–Crippen LogP) is 2.76. The zero-order chi connectivity index (χ0) is 27.5. The van der Waals surface area contributed by atoms with Crippen LogP contribution in [0, 0.1) is 0 Å². The minimum atomic E-state index is -1.58. The quantitative estimate of drug-likeness (QED) is 0.128. The molecule has 1 aliphatic heterocycles. The van der Waals surface area contributed by atoms with Crippen LogP contribution in [0.25, 0.3) is 0 Å². The van der Waals surface area contributed by atoms with E-state index in [-0.39, 0.29) is 19.6 Å². The van der Waals surface area contributed by atoms with E-state index in [0.29, 0.717) is 6.42 Å². The van der Waals surface area contributed by atoms with Crippen molar-refractivity contribution in [3.8, 4) is 0 Å². The zero-order valence-electron chi connectivity index (χ0n) is 22.7. The van der Waals surface area contributed by atoms with Crippen LogP contribution < -0.4 is 0 Å². The van der Waals surface area contributed by atoms with Crippen LogP contribution in [0.2, 0.25) is 0 Å². The van der Waals surface area contributed by atoms with Crippen molar-refractivity contribution in [2.45, 2.75) is 141 Å². The van der Waals surface area contributed by atoms with Crippen molar-refractivity contribution in [3.63, 3.8) is 0 Å². The molecule has 0 bridgehead atoms. The van der Waals surface area contributed by atoms with E-state index in [2.05, 4.69) is 6.92 Å². The molecule has 10 heteroatoms. The second-order valence-electron chi connectivity index (χ2n) is 9.94. The minimum absolute atomic E-state index is 0.231. The Balaban J connectivity index is 2.25. The SMILES string of the molecule is CCCCCCCCCCCCCCCC(=O)O[C@H](COC(C)=O)CO[C@@H]1O[C@H](CO)[C@H](O)[C@H](O)[C@H]1O. The normalized spacial score (nSPS) is 24.5. The fourth-order valence-electron chi connectivity index (χ4n) is 4.27. The summed E-state index contributed by atoms with van der Waals surface area (Å²) >= 11 is 0. The number of aliphatic hydroxyl groups excluding tert-OH is 4. The number of hydrogen-bond acceptors (Lipinski definition) is 10. The second kappa shape index (κ2) is 20.6. The van der Waals surface area contributed by atoms with Gasteiger partial charge in [-0.25, -0.2) is 0 Å². The van der Waals surface area contributed by atoms with Gasteiger partial charge < -0.3 is 39.4 Å². The van der Waals surface area contributed by atoms with E-state index in [9.17, 15) is 30.0 Å². The molecule has 0 aromatic carbocycles. The van der Waals surface area contributed by atoms with Crippen molar-refractivity contribution in [1.29, 1.82) is 0 Å². The Bertz CT molecular complexity index is 600. The molecule has 1 saturated heterocycles. The first kappa shape index (κ1) is 33.7. The topological polar surface area (TPSA) is 152 Å². The third-order valence-corrected chi connectivity index (χ3v) is 6.55. The molecule has 37 heavy (non-hydrogen) atoms. The molecule has 6 atom stereocenters. The molecule has 4 N–H and O–H groups in total. The lowest BCUT2D eigenvalue weighted by molar-refractivity contribution is -0.305. The van der Waals surface area contributed by atoms with Crippen LogP contribution in [0.15, 0.2) is 0 Å². The lowest BCUT2D eigenvalue weighted by atomic mass is 9.99. The van der Waals surface area contributed by atoms with E-state index < -0.39 is 55.4 Å². The molecule has 1 fully saturated rings. The Morgan fingerprint density at radius 3 is 1.84 bits per heavy atom. The van der Waals surface area contributed by atoms with Crippen LogP contribution in [-0.4, -0.2) is 89.0 Å². The first-order valence-electron chi connectivity index (χ1n) is 14.0. The van der Waals surface area contributed by atoms with Crippen LogP contribution in [0.4, 0.5) is 0 Å². The van der Waals surface area contributed by atoms with Gasteiger partial charge in [0.1, 0.15) is 31.0 Å². The summed E-state index contributed by atoms with van der Waals surface area (Å²) in [6, 6.07) is 0. The molecule has 218 valence electrons. The molecular formula is C27H50O10. The number of rotatable bonds is 21. The van der Waals surface area contributed by atoms with Gasteiger partial charge in [-0.1, -0.05) is 84.0 Å². The number of unbranched alkanes of at least 4 members (excludes halogenated alkanes) is 12. The Morgan fingerprint density at radius 2 is 1.32 bits per heavy atom. The lowest BCUT2D eigenvalue weighted by Gasteiger charge is -2.39. The minimum Gasteiger partial charge on any atom is -0.462 e. The van der Waals surface area contributed by atoms with Gasteiger partial charge in [0.05, 0.1) is 13.2 Å². The van der Waals surface area contributed by atoms with Crippen molar-refractivity contribution < 1.29 is 49.0 Å². The summed E-state index contributed by atoms with van der Waals surface area (Å²) in [4.78, 5) is 23.5. The van der Waals surface area contributed by atoms with Gasteiger partial charge >= 0.3 is 11.9 Å².